The second kappa shape index (κ2) is 6.14. The highest BCUT2D eigenvalue weighted by Crippen LogP contribution is 2.12. The molecule has 0 fully saturated rings. The van der Waals surface area contributed by atoms with E-state index in [9.17, 15) is 4.79 Å². The fourth-order valence-electron chi connectivity index (χ4n) is 1.34. The Morgan fingerprint density at radius 1 is 1.21 bits per heavy atom. The zero-order chi connectivity index (χ0) is 14.5. The highest BCUT2D eigenvalue weighted by atomic mass is 16.6. The van der Waals surface area contributed by atoms with Crippen molar-refractivity contribution in [3.8, 4) is 0 Å². The van der Waals surface area contributed by atoms with Crippen LogP contribution in [0.4, 0.5) is 0 Å². The van der Waals surface area contributed by atoms with Crippen molar-refractivity contribution >= 4 is 5.97 Å². The standard InChI is InChI=1S/C14H21N2O3/c1-13(2,3)19-12(17)9-14(15,16)18-10-11-7-5-4-6-8-11/h4-9H,10,15-16H2,1-3H3. The molecule has 0 amide bonds. The summed E-state index contributed by atoms with van der Waals surface area (Å²) in [5.74, 6) is -2.26. The van der Waals surface area contributed by atoms with Crippen molar-refractivity contribution in [2.24, 2.45) is 11.5 Å². The average Bonchev–Trinajstić information content (AvgIpc) is 2.24. The molecular formula is C14H21N2O3. The minimum atomic E-state index is -1.65. The van der Waals surface area contributed by atoms with Gasteiger partial charge in [0.15, 0.2) is 5.85 Å². The summed E-state index contributed by atoms with van der Waals surface area (Å²) in [5, 5.41) is 0. The van der Waals surface area contributed by atoms with Gasteiger partial charge in [-0.1, -0.05) is 30.3 Å². The van der Waals surface area contributed by atoms with Gasteiger partial charge in [0.1, 0.15) is 12.0 Å². The predicted octanol–water partition coefficient (Wildman–Crippen LogP) is 1.32. The third-order valence-corrected chi connectivity index (χ3v) is 2.08. The topological polar surface area (TPSA) is 87.6 Å². The molecule has 0 unspecified atom stereocenters. The number of esters is 1. The van der Waals surface area contributed by atoms with E-state index < -0.39 is 17.4 Å². The molecule has 1 radical (unpaired) electrons. The lowest BCUT2D eigenvalue weighted by Gasteiger charge is -2.26. The fourth-order valence-corrected chi connectivity index (χ4v) is 1.34. The monoisotopic (exact) mass is 265 g/mol. The molecule has 1 aromatic rings. The molecule has 0 spiro atoms. The molecule has 0 saturated heterocycles. The van der Waals surface area contributed by atoms with Gasteiger partial charge in [-0.2, -0.15) is 0 Å². The van der Waals surface area contributed by atoms with Gasteiger partial charge >= 0.3 is 5.97 Å². The minimum Gasteiger partial charge on any atom is -0.460 e. The summed E-state index contributed by atoms with van der Waals surface area (Å²) in [5.41, 5.74) is 11.7. The molecule has 5 nitrogen and oxygen atoms in total. The van der Waals surface area contributed by atoms with Gasteiger partial charge in [0, 0.05) is 0 Å². The van der Waals surface area contributed by atoms with Crippen LogP contribution in [0.1, 0.15) is 26.3 Å². The van der Waals surface area contributed by atoms with Gasteiger partial charge in [-0.05, 0) is 26.3 Å². The maximum absolute atomic E-state index is 11.6. The number of hydrogen-bond acceptors (Lipinski definition) is 5. The molecule has 5 heteroatoms. The van der Waals surface area contributed by atoms with Gasteiger partial charge in [-0.15, -0.1) is 0 Å². The molecule has 0 aliphatic carbocycles. The summed E-state index contributed by atoms with van der Waals surface area (Å²) in [4.78, 5) is 11.6. The van der Waals surface area contributed by atoms with Gasteiger partial charge in [0.25, 0.3) is 0 Å². The van der Waals surface area contributed by atoms with Crippen LogP contribution in [-0.2, 0) is 20.9 Å². The largest absolute Gasteiger partial charge is 0.460 e. The second-order valence-corrected chi connectivity index (χ2v) is 5.31. The summed E-state index contributed by atoms with van der Waals surface area (Å²) in [7, 11) is 0. The summed E-state index contributed by atoms with van der Waals surface area (Å²) in [6, 6.07) is 9.41. The average molecular weight is 265 g/mol. The summed E-state index contributed by atoms with van der Waals surface area (Å²) < 4.78 is 10.4. The van der Waals surface area contributed by atoms with Crippen molar-refractivity contribution in [3.63, 3.8) is 0 Å². The first-order chi connectivity index (χ1) is 8.68. The third-order valence-electron chi connectivity index (χ3n) is 2.08. The number of carbonyl (C=O) groups excluding carboxylic acids is 1. The molecule has 105 valence electrons. The third kappa shape index (κ3) is 6.91. The first kappa shape index (κ1) is 15.6. The first-order valence-electron chi connectivity index (χ1n) is 6.02. The number of rotatable bonds is 5. The molecular weight excluding hydrogens is 244 g/mol. The Labute approximate surface area is 113 Å². The number of nitrogens with two attached hydrogens (primary N) is 2. The maximum Gasteiger partial charge on any atom is 0.316 e. The SMILES string of the molecule is CC(C)(C)OC(=O)[CH]C(N)(N)OCc1ccccc1. The molecule has 0 aromatic heterocycles. The number of ether oxygens (including phenoxy) is 2. The smallest absolute Gasteiger partial charge is 0.316 e. The second-order valence-electron chi connectivity index (χ2n) is 5.31. The van der Waals surface area contributed by atoms with Crippen LogP contribution in [0.2, 0.25) is 0 Å². The quantitative estimate of drug-likeness (QED) is 0.619. The zero-order valence-corrected chi connectivity index (χ0v) is 11.6. The van der Waals surface area contributed by atoms with E-state index in [1.165, 1.54) is 0 Å². The molecule has 4 N–H and O–H groups in total. The van der Waals surface area contributed by atoms with Crippen LogP contribution in [0.25, 0.3) is 0 Å². The number of carbonyl (C=O) groups is 1. The Balaban J connectivity index is 2.45. The molecule has 0 heterocycles. The fraction of sp³-hybridized carbons (Fsp3) is 0.429. The van der Waals surface area contributed by atoms with Crippen LogP contribution < -0.4 is 11.5 Å². The van der Waals surface area contributed by atoms with E-state index in [0.717, 1.165) is 12.0 Å². The van der Waals surface area contributed by atoms with Crippen molar-refractivity contribution in [2.45, 2.75) is 38.8 Å². The lowest BCUT2D eigenvalue weighted by atomic mass is 10.2. The Morgan fingerprint density at radius 2 is 1.79 bits per heavy atom. The molecule has 1 rings (SSSR count). The summed E-state index contributed by atoms with van der Waals surface area (Å²) in [6.07, 6.45) is 1.03. The van der Waals surface area contributed by atoms with E-state index in [-0.39, 0.29) is 6.61 Å². The van der Waals surface area contributed by atoms with Crippen LogP contribution in [0, 0.1) is 6.42 Å². The van der Waals surface area contributed by atoms with Crippen molar-refractivity contribution in [3.05, 3.63) is 42.3 Å². The van der Waals surface area contributed by atoms with E-state index in [1.54, 1.807) is 20.8 Å². The van der Waals surface area contributed by atoms with E-state index in [4.69, 9.17) is 20.9 Å². The number of benzene rings is 1. The molecule has 0 aliphatic rings. The van der Waals surface area contributed by atoms with E-state index >= 15 is 0 Å². The van der Waals surface area contributed by atoms with E-state index in [2.05, 4.69) is 0 Å². The molecule has 19 heavy (non-hydrogen) atoms. The molecule has 0 bridgehead atoms. The Kier molecular flexibility index (Phi) is 5.05. The van der Waals surface area contributed by atoms with Crippen LogP contribution in [0.5, 0.6) is 0 Å². The lowest BCUT2D eigenvalue weighted by molar-refractivity contribution is -0.154. The van der Waals surface area contributed by atoms with Crippen molar-refractivity contribution < 1.29 is 14.3 Å². The van der Waals surface area contributed by atoms with Crippen LogP contribution >= 0.6 is 0 Å². The predicted molar refractivity (Wildman–Crippen MR) is 72.5 cm³/mol. The highest BCUT2D eigenvalue weighted by Gasteiger charge is 2.28. The first-order valence-corrected chi connectivity index (χ1v) is 6.02. The van der Waals surface area contributed by atoms with Crippen LogP contribution in [0.15, 0.2) is 30.3 Å². The molecule has 0 atom stereocenters. The van der Waals surface area contributed by atoms with Crippen molar-refractivity contribution in [1.29, 1.82) is 0 Å². The lowest BCUT2D eigenvalue weighted by Crippen LogP contribution is -2.54. The maximum atomic E-state index is 11.6. The van der Waals surface area contributed by atoms with Gasteiger partial charge in [0.2, 0.25) is 0 Å². The number of hydrogen-bond donors (Lipinski definition) is 2. The normalized spacial score (nSPS) is 12.3. The molecule has 1 aromatic carbocycles. The molecule has 0 saturated carbocycles. The van der Waals surface area contributed by atoms with Crippen LogP contribution in [-0.4, -0.2) is 17.4 Å². The van der Waals surface area contributed by atoms with Crippen molar-refractivity contribution in [1.82, 2.24) is 0 Å². The van der Waals surface area contributed by atoms with Gasteiger partial charge in [-0.25, -0.2) is 0 Å². The van der Waals surface area contributed by atoms with E-state index in [0.29, 0.717) is 0 Å². The Bertz CT molecular complexity index is 410. The Hall–Kier alpha value is -1.43. The van der Waals surface area contributed by atoms with Crippen molar-refractivity contribution in [2.75, 3.05) is 0 Å². The van der Waals surface area contributed by atoms with Gasteiger partial charge in [0.05, 0.1) is 6.61 Å². The molecule has 0 aliphatic heterocycles. The summed E-state index contributed by atoms with van der Waals surface area (Å²) in [6.45, 7) is 5.50. The van der Waals surface area contributed by atoms with Gasteiger partial charge in [-0.3, -0.25) is 16.3 Å². The Morgan fingerprint density at radius 3 is 2.32 bits per heavy atom. The van der Waals surface area contributed by atoms with Crippen LogP contribution in [0.3, 0.4) is 0 Å². The van der Waals surface area contributed by atoms with Gasteiger partial charge < -0.3 is 9.47 Å². The minimum absolute atomic E-state index is 0.215. The highest BCUT2D eigenvalue weighted by molar-refractivity contribution is 5.80. The van der Waals surface area contributed by atoms with E-state index in [1.807, 2.05) is 30.3 Å². The zero-order valence-electron chi connectivity index (χ0n) is 11.6. The summed E-state index contributed by atoms with van der Waals surface area (Å²) >= 11 is 0.